The highest BCUT2D eigenvalue weighted by Gasteiger charge is 2.30. The van der Waals surface area contributed by atoms with Gasteiger partial charge in [0.25, 0.3) is 0 Å². The lowest BCUT2D eigenvalue weighted by molar-refractivity contribution is 0.254. The molecule has 0 aromatic heterocycles. The molecule has 1 unspecified atom stereocenters. The Kier molecular flexibility index (Phi) is 4.33. The second kappa shape index (κ2) is 6.07. The maximum atomic E-state index is 11.6. The van der Waals surface area contributed by atoms with Crippen LogP contribution in [0.3, 0.4) is 0 Å². The molecule has 1 aromatic carbocycles. The summed E-state index contributed by atoms with van der Waals surface area (Å²) in [4.78, 5) is 2.18. The van der Waals surface area contributed by atoms with Gasteiger partial charge < -0.3 is 5.32 Å². The van der Waals surface area contributed by atoms with Gasteiger partial charge in [-0.2, -0.15) is 0 Å². The molecular weight excluding hydrogens is 284 g/mol. The fourth-order valence-corrected chi connectivity index (χ4v) is 4.73. The van der Waals surface area contributed by atoms with E-state index in [0.29, 0.717) is 11.5 Å². The number of benzene rings is 1. The van der Waals surface area contributed by atoms with Crippen LogP contribution in [0.4, 0.5) is 0 Å². The fraction of sp³-hybridized carbons (Fsp3) is 0.625. The zero-order valence-electron chi connectivity index (χ0n) is 12.6. The van der Waals surface area contributed by atoms with E-state index < -0.39 is 9.84 Å². The molecular formula is C16H24N2O2S. The van der Waals surface area contributed by atoms with E-state index in [1.807, 2.05) is 7.05 Å². The Morgan fingerprint density at radius 3 is 2.67 bits per heavy atom. The van der Waals surface area contributed by atoms with Crippen LogP contribution in [0.2, 0.25) is 0 Å². The van der Waals surface area contributed by atoms with Gasteiger partial charge in [0, 0.05) is 25.2 Å². The summed E-state index contributed by atoms with van der Waals surface area (Å²) in [6.07, 6.45) is 3.37. The van der Waals surface area contributed by atoms with Gasteiger partial charge in [0.15, 0.2) is 9.84 Å². The Labute approximate surface area is 127 Å². The Bertz CT molecular complexity index is 596. The van der Waals surface area contributed by atoms with Crippen molar-refractivity contribution in [2.75, 3.05) is 18.6 Å². The Balaban J connectivity index is 1.57. The van der Waals surface area contributed by atoms with E-state index in [1.54, 1.807) is 0 Å². The molecule has 1 aromatic rings. The average molecular weight is 308 g/mol. The molecule has 0 spiro atoms. The third kappa shape index (κ3) is 4.28. The average Bonchev–Trinajstić information content (AvgIpc) is 3.19. The molecule has 1 aliphatic heterocycles. The molecule has 3 rings (SSSR count). The minimum Gasteiger partial charge on any atom is -0.310 e. The van der Waals surface area contributed by atoms with Gasteiger partial charge in [-0.05, 0) is 37.4 Å². The van der Waals surface area contributed by atoms with Crippen LogP contribution in [-0.2, 0) is 22.9 Å². The maximum absolute atomic E-state index is 11.6. The summed E-state index contributed by atoms with van der Waals surface area (Å²) in [6, 6.07) is 9.50. The number of nitrogens with one attached hydrogen (secondary N) is 1. The first-order chi connectivity index (χ1) is 10.0. The SMILES string of the molecule is CN(Cc1cccc(CNC2CC2)c1)C1CCS(=O)(=O)C1. The van der Waals surface area contributed by atoms with Crippen molar-refractivity contribution in [3.63, 3.8) is 0 Å². The first kappa shape index (κ1) is 15.0. The molecule has 116 valence electrons. The van der Waals surface area contributed by atoms with Gasteiger partial charge in [0.05, 0.1) is 11.5 Å². The zero-order valence-corrected chi connectivity index (χ0v) is 13.4. The number of rotatable bonds is 6. The van der Waals surface area contributed by atoms with Crippen molar-refractivity contribution in [2.45, 2.75) is 44.4 Å². The van der Waals surface area contributed by atoms with E-state index >= 15 is 0 Å². The van der Waals surface area contributed by atoms with Crippen molar-refractivity contribution in [1.29, 1.82) is 0 Å². The van der Waals surface area contributed by atoms with Gasteiger partial charge in [-0.3, -0.25) is 4.90 Å². The van der Waals surface area contributed by atoms with E-state index in [-0.39, 0.29) is 6.04 Å². The van der Waals surface area contributed by atoms with Crippen LogP contribution < -0.4 is 5.32 Å². The number of sulfone groups is 1. The molecule has 1 N–H and O–H groups in total. The normalized spacial score (nSPS) is 24.6. The standard InChI is InChI=1S/C16H24N2O2S/c1-18(16-7-8-21(19,20)12-16)11-14-4-2-3-13(9-14)10-17-15-5-6-15/h2-4,9,15-17H,5-8,10-12H2,1H3. The second-order valence-corrected chi connectivity index (χ2v) is 8.68. The summed E-state index contributed by atoms with van der Waals surface area (Å²) in [5.74, 6) is 0.653. The lowest BCUT2D eigenvalue weighted by atomic mass is 10.1. The first-order valence-corrected chi connectivity index (χ1v) is 9.56. The van der Waals surface area contributed by atoms with E-state index in [0.717, 1.165) is 25.6 Å². The summed E-state index contributed by atoms with van der Waals surface area (Å²) in [6.45, 7) is 1.75. The van der Waals surface area contributed by atoms with Crippen LogP contribution in [0.5, 0.6) is 0 Å². The first-order valence-electron chi connectivity index (χ1n) is 7.74. The van der Waals surface area contributed by atoms with Gasteiger partial charge in [0.2, 0.25) is 0 Å². The minimum absolute atomic E-state index is 0.170. The monoisotopic (exact) mass is 308 g/mol. The van der Waals surface area contributed by atoms with E-state index in [1.165, 1.54) is 24.0 Å². The second-order valence-electron chi connectivity index (χ2n) is 6.45. The van der Waals surface area contributed by atoms with Gasteiger partial charge in [-0.25, -0.2) is 8.42 Å². The van der Waals surface area contributed by atoms with Crippen LogP contribution in [0, 0.1) is 0 Å². The smallest absolute Gasteiger partial charge is 0.151 e. The predicted molar refractivity (Wildman–Crippen MR) is 84.8 cm³/mol. The van der Waals surface area contributed by atoms with Crippen LogP contribution >= 0.6 is 0 Å². The zero-order chi connectivity index (χ0) is 14.9. The topological polar surface area (TPSA) is 49.4 Å². The molecule has 2 aliphatic rings. The largest absolute Gasteiger partial charge is 0.310 e. The van der Waals surface area contributed by atoms with Crippen LogP contribution in [0.15, 0.2) is 24.3 Å². The van der Waals surface area contributed by atoms with Crippen molar-refractivity contribution in [3.05, 3.63) is 35.4 Å². The predicted octanol–water partition coefficient (Wildman–Crippen LogP) is 1.56. The molecule has 0 bridgehead atoms. The van der Waals surface area contributed by atoms with Crippen molar-refractivity contribution in [1.82, 2.24) is 10.2 Å². The Morgan fingerprint density at radius 1 is 1.24 bits per heavy atom. The molecule has 1 atom stereocenters. The summed E-state index contributed by atoms with van der Waals surface area (Å²) in [7, 11) is -0.775. The van der Waals surface area contributed by atoms with Crippen LogP contribution in [-0.4, -0.2) is 44.0 Å². The maximum Gasteiger partial charge on any atom is 0.151 e. The molecule has 1 aliphatic carbocycles. The number of hydrogen-bond acceptors (Lipinski definition) is 4. The molecule has 4 nitrogen and oxygen atoms in total. The molecule has 0 amide bonds. The van der Waals surface area contributed by atoms with Gasteiger partial charge in [-0.1, -0.05) is 24.3 Å². The Morgan fingerprint density at radius 2 is 2.00 bits per heavy atom. The number of hydrogen-bond donors (Lipinski definition) is 1. The molecule has 21 heavy (non-hydrogen) atoms. The van der Waals surface area contributed by atoms with E-state index in [4.69, 9.17) is 0 Å². The highest BCUT2D eigenvalue weighted by Crippen LogP contribution is 2.20. The van der Waals surface area contributed by atoms with Gasteiger partial charge in [-0.15, -0.1) is 0 Å². The van der Waals surface area contributed by atoms with E-state index in [9.17, 15) is 8.42 Å². The molecule has 1 saturated heterocycles. The van der Waals surface area contributed by atoms with Crippen LogP contribution in [0.25, 0.3) is 0 Å². The summed E-state index contributed by atoms with van der Waals surface area (Å²) >= 11 is 0. The van der Waals surface area contributed by atoms with Crippen LogP contribution in [0.1, 0.15) is 30.4 Å². The third-order valence-electron chi connectivity index (χ3n) is 4.43. The highest BCUT2D eigenvalue weighted by atomic mass is 32.2. The quantitative estimate of drug-likeness (QED) is 0.866. The van der Waals surface area contributed by atoms with Gasteiger partial charge >= 0.3 is 0 Å². The van der Waals surface area contributed by atoms with E-state index in [2.05, 4.69) is 34.5 Å². The fourth-order valence-electron chi connectivity index (χ4n) is 2.93. The summed E-state index contributed by atoms with van der Waals surface area (Å²) in [5, 5.41) is 3.53. The van der Waals surface area contributed by atoms with Crippen molar-refractivity contribution >= 4 is 9.84 Å². The Hall–Kier alpha value is -0.910. The lowest BCUT2D eigenvalue weighted by Gasteiger charge is -2.23. The van der Waals surface area contributed by atoms with Crippen molar-refractivity contribution in [2.24, 2.45) is 0 Å². The molecule has 1 heterocycles. The molecule has 0 radical (unpaired) electrons. The molecule has 5 heteroatoms. The minimum atomic E-state index is -2.80. The summed E-state index contributed by atoms with van der Waals surface area (Å²) in [5.41, 5.74) is 2.57. The third-order valence-corrected chi connectivity index (χ3v) is 6.18. The number of nitrogens with zero attached hydrogens (tertiary/aromatic N) is 1. The molecule has 2 fully saturated rings. The van der Waals surface area contributed by atoms with Crippen molar-refractivity contribution in [3.8, 4) is 0 Å². The lowest BCUT2D eigenvalue weighted by Crippen LogP contribution is -2.32. The molecule has 1 saturated carbocycles. The van der Waals surface area contributed by atoms with Crippen molar-refractivity contribution < 1.29 is 8.42 Å². The highest BCUT2D eigenvalue weighted by molar-refractivity contribution is 7.91. The summed E-state index contributed by atoms with van der Waals surface area (Å²) < 4.78 is 23.1. The van der Waals surface area contributed by atoms with Gasteiger partial charge in [0.1, 0.15) is 0 Å².